The van der Waals surface area contributed by atoms with Crippen LogP contribution in [0.4, 0.5) is 5.69 Å². The molecule has 1 fully saturated rings. The highest BCUT2D eigenvalue weighted by Gasteiger charge is 2.22. The minimum absolute atomic E-state index is 0.775. The van der Waals surface area contributed by atoms with Gasteiger partial charge in [0.25, 0.3) is 0 Å². The van der Waals surface area contributed by atoms with Crippen molar-refractivity contribution in [1.29, 1.82) is 0 Å². The third-order valence-electron chi connectivity index (χ3n) is 4.98. The van der Waals surface area contributed by atoms with Crippen LogP contribution in [0.15, 0.2) is 54.9 Å². The summed E-state index contributed by atoms with van der Waals surface area (Å²) in [5.41, 5.74) is 2.38. The smallest absolute Gasteiger partial charge is 0.202 e. The van der Waals surface area contributed by atoms with Crippen LogP contribution in [-0.2, 0) is 13.7 Å². The van der Waals surface area contributed by atoms with Gasteiger partial charge in [0.1, 0.15) is 0 Å². The third kappa shape index (κ3) is 3.40. The van der Waals surface area contributed by atoms with Crippen LogP contribution in [0.25, 0.3) is 11.4 Å². The predicted molar refractivity (Wildman–Crippen MR) is 103 cm³/mol. The molecule has 4 rings (SSSR count). The minimum Gasteiger partial charge on any atom is -0.360 e. The Morgan fingerprint density at radius 3 is 2.46 bits per heavy atom. The van der Waals surface area contributed by atoms with Crippen LogP contribution in [0, 0.1) is 4.77 Å². The topological polar surface area (TPSA) is 44.6 Å². The standard InChI is InChI=1S/C19H22N6S/c1-22-18(16-5-3-2-4-6-16)21-25(19(22)26)15-23-11-13-24(14-12-23)17-7-9-20-10-8-17/h2-10H,11-15H2,1H3/p+2. The maximum Gasteiger partial charge on any atom is 0.202 e. The molecule has 1 aliphatic rings. The summed E-state index contributed by atoms with van der Waals surface area (Å²) in [5.74, 6) is 0.925. The van der Waals surface area contributed by atoms with Crippen LogP contribution in [-0.4, -0.2) is 40.5 Å². The zero-order valence-electron chi connectivity index (χ0n) is 14.9. The molecule has 0 amide bonds. The first-order valence-electron chi connectivity index (χ1n) is 8.96. The first-order valence-corrected chi connectivity index (χ1v) is 9.37. The van der Waals surface area contributed by atoms with Gasteiger partial charge in [-0.2, -0.15) is 4.68 Å². The molecule has 134 valence electrons. The van der Waals surface area contributed by atoms with E-state index in [4.69, 9.17) is 17.3 Å². The molecule has 3 heterocycles. The molecular formula is C19H24N6S+2. The summed E-state index contributed by atoms with van der Waals surface area (Å²) in [6.45, 7) is 5.07. The highest BCUT2D eigenvalue weighted by Crippen LogP contribution is 2.16. The lowest BCUT2D eigenvalue weighted by Gasteiger charge is -2.33. The highest BCUT2D eigenvalue weighted by atomic mass is 32.1. The predicted octanol–water partition coefficient (Wildman–Crippen LogP) is 0.795. The Labute approximate surface area is 158 Å². The molecule has 0 spiro atoms. The second-order valence-corrected chi connectivity index (χ2v) is 7.05. The van der Waals surface area contributed by atoms with Crippen molar-refractivity contribution in [3.63, 3.8) is 0 Å². The molecule has 0 bridgehead atoms. The van der Waals surface area contributed by atoms with Gasteiger partial charge in [-0.05, 0) is 12.2 Å². The number of H-pyrrole nitrogens is 1. The van der Waals surface area contributed by atoms with Crippen molar-refractivity contribution in [1.82, 2.24) is 14.3 Å². The van der Waals surface area contributed by atoms with E-state index in [0.717, 1.165) is 49.0 Å². The zero-order chi connectivity index (χ0) is 17.9. The molecule has 1 aliphatic heterocycles. The van der Waals surface area contributed by atoms with Crippen molar-refractivity contribution < 1.29 is 9.88 Å². The molecule has 7 heteroatoms. The molecule has 2 aromatic heterocycles. The summed E-state index contributed by atoms with van der Waals surface area (Å²) in [6, 6.07) is 14.5. The highest BCUT2D eigenvalue weighted by molar-refractivity contribution is 7.71. The molecule has 0 atom stereocenters. The van der Waals surface area contributed by atoms with Gasteiger partial charge in [0.15, 0.2) is 24.9 Å². The van der Waals surface area contributed by atoms with Gasteiger partial charge in [-0.1, -0.05) is 30.3 Å². The molecule has 2 N–H and O–H groups in total. The SMILES string of the molecule is Cn1c(-c2ccccc2)nn(C[NH+]2CCN(c3cc[nH+]cc3)CC2)c1=S. The molecule has 1 saturated heterocycles. The molecule has 6 nitrogen and oxygen atoms in total. The van der Waals surface area contributed by atoms with Crippen LogP contribution in [0.2, 0.25) is 0 Å². The summed E-state index contributed by atoms with van der Waals surface area (Å²) in [5, 5.41) is 4.79. The van der Waals surface area contributed by atoms with Gasteiger partial charge in [-0.3, -0.25) is 0 Å². The molecule has 0 aliphatic carbocycles. The Morgan fingerprint density at radius 1 is 1.08 bits per heavy atom. The average molecular weight is 369 g/mol. The normalized spacial score (nSPS) is 15.3. The van der Waals surface area contributed by atoms with Crippen LogP contribution in [0.3, 0.4) is 0 Å². The van der Waals surface area contributed by atoms with E-state index in [0.29, 0.717) is 0 Å². The second kappa shape index (κ2) is 7.39. The van der Waals surface area contributed by atoms with E-state index >= 15 is 0 Å². The van der Waals surface area contributed by atoms with E-state index in [2.05, 4.69) is 34.1 Å². The van der Waals surface area contributed by atoms with E-state index in [1.54, 1.807) is 0 Å². The lowest BCUT2D eigenvalue weighted by molar-refractivity contribution is -0.924. The van der Waals surface area contributed by atoms with Gasteiger partial charge in [0, 0.05) is 30.4 Å². The fourth-order valence-electron chi connectivity index (χ4n) is 3.47. The first kappa shape index (κ1) is 16.9. The number of nitrogens with one attached hydrogen (secondary N) is 2. The van der Waals surface area contributed by atoms with Crippen molar-refractivity contribution in [2.45, 2.75) is 6.67 Å². The van der Waals surface area contributed by atoms with Gasteiger partial charge in [-0.25, -0.2) is 4.98 Å². The number of aromatic nitrogens is 4. The van der Waals surface area contributed by atoms with Crippen molar-refractivity contribution >= 4 is 17.9 Å². The zero-order valence-corrected chi connectivity index (χ0v) is 15.7. The van der Waals surface area contributed by atoms with Crippen molar-refractivity contribution in [2.24, 2.45) is 7.05 Å². The van der Waals surface area contributed by atoms with Crippen LogP contribution in [0.5, 0.6) is 0 Å². The molecule has 26 heavy (non-hydrogen) atoms. The fourth-order valence-corrected chi connectivity index (χ4v) is 3.66. The Hall–Kier alpha value is -2.51. The number of nitrogens with zero attached hydrogens (tertiary/aromatic N) is 4. The lowest BCUT2D eigenvalue weighted by Crippen LogP contribution is -3.14. The molecular weight excluding hydrogens is 344 g/mol. The van der Waals surface area contributed by atoms with Crippen molar-refractivity contribution in [3.8, 4) is 11.4 Å². The quantitative estimate of drug-likeness (QED) is 0.693. The second-order valence-electron chi connectivity index (χ2n) is 6.68. The van der Waals surface area contributed by atoms with Crippen molar-refractivity contribution in [3.05, 3.63) is 59.6 Å². The molecule has 0 radical (unpaired) electrons. The van der Waals surface area contributed by atoms with E-state index in [1.165, 1.54) is 10.6 Å². The van der Waals surface area contributed by atoms with Gasteiger partial charge in [0.2, 0.25) is 4.77 Å². The number of anilines is 1. The summed E-state index contributed by atoms with van der Waals surface area (Å²) in [4.78, 5) is 7.03. The largest absolute Gasteiger partial charge is 0.360 e. The summed E-state index contributed by atoms with van der Waals surface area (Å²) < 4.78 is 4.75. The summed E-state index contributed by atoms with van der Waals surface area (Å²) >= 11 is 5.62. The Balaban J connectivity index is 1.45. The maximum absolute atomic E-state index is 5.62. The molecule has 3 aromatic rings. The molecule has 0 unspecified atom stereocenters. The molecule has 0 saturated carbocycles. The van der Waals surface area contributed by atoms with Gasteiger partial charge >= 0.3 is 0 Å². The van der Waals surface area contributed by atoms with E-state index in [-0.39, 0.29) is 0 Å². The Kier molecular flexibility index (Phi) is 4.81. The first-order chi connectivity index (χ1) is 12.7. The number of rotatable bonds is 4. The lowest BCUT2D eigenvalue weighted by atomic mass is 10.2. The monoisotopic (exact) mass is 368 g/mol. The van der Waals surface area contributed by atoms with E-state index in [1.807, 2.05) is 46.9 Å². The van der Waals surface area contributed by atoms with Gasteiger partial charge in [-0.15, -0.1) is 5.10 Å². The Morgan fingerprint density at radius 2 is 1.77 bits per heavy atom. The summed E-state index contributed by atoms with van der Waals surface area (Å²) in [6.07, 6.45) is 3.96. The molecule has 1 aromatic carbocycles. The van der Waals surface area contributed by atoms with Gasteiger partial charge < -0.3 is 14.4 Å². The summed E-state index contributed by atoms with van der Waals surface area (Å²) in [7, 11) is 1.99. The number of quaternary nitrogens is 1. The number of benzene rings is 1. The number of hydrogen-bond acceptors (Lipinski definition) is 3. The van der Waals surface area contributed by atoms with E-state index in [9.17, 15) is 0 Å². The van der Waals surface area contributed by atoms with Gasteiger partial charge in [0.05, 0.1) is 26.2 Å². The van der Waals surface area contributed by atoms with E-state index < -0.39 is 0 Å². The fraction of sp³-hybridized carbons (Fsp3) is 0.316. The number of piperazine rings is 1. The average Bonchev–Trinajstić information content (AvgIpc) is 2.98. The minimum atomic E-state index is 0.775. The number of hydrogen-bond donors (Lipinski definition) is 1. The Bertz CT molecular complexity index is 910. The number of pyridine rings is 1. The maximum atomic E-state index is 5.62. The van der Waals surface area contributed by atoms with Crippen LogP contribution >= 0.6 is 12.2 Å². The van der Waals surface area contributed by atoms with Crippen molar-refractivity contribution in [2.75, 3.05) is 31.1 Å². The third-order valence-corrected chi connectivity index (χ3v) is 5.47. The van der Waals surface area contributed by atoms with Crippen LogP contribution < -0.4 is 14.8 Å². The van der Waals surface area contributed by atoms with Crippen LogP contribution in [0.1, 0.15) is 0 Å². The number of aromatic amines is 1.